The first-order valence-corrected chi connectivity index (χ1v) is 6.78. The lowest BCUT2D eigenvalue weighted by Gasteiger charge is -2.25. The number of halogens is 1. The van der Waals surface area contributed by atoms with Gasteiger partial charge in [-0.3, -0.25) is 9.48 Å². The lowest BCUT2D eigenvalue weighted by molar-refractivity contribution is -0.128. The van der Waals surface area contributed by atoms with Crippen LogP contribution in [-0.2, 0) is 11.3 Å². The van der Waals surface area contributed by atoms with E-state index in [-0.39, 0.29) is 11.9 Å². The molecule has 5 nitrogen and oxygen atoms in total. The molecule has 102 valence electrons. The van der Waals surface area contributed by atoms with Gasteiger partial charge in [-0.05, 0) is 36.7 Å². The van der Waals surface area contributed by atoms with Gasteiger partial charge in [0.15, 0.2) is 0 Å². The maximum absolute atomic E-state index is 11.6. The van der Waals surface area contributed by atoms with Gasteiger partial charge in [-0.15, -0.1) is 0 Å². The molecule has 0 aliphatic rings. The van der Waals surface area contributed by atoms with Crippen LogP contribution in [0, 0.1) is 5.41 Å². The lowest BCUT2D eigenvalue weighted by Crippen LogP contribution is -2.45. The van der Waals surface area contributed by atoms with E-state index in [2.05, 4.69) is 38.6 Å². The Morgan fingerprint density at radius 2 is 2.28 bits per heavy atom. The molecule has 0 aliphatic carbocycles. The van der Waals surface area contributed by atoms with E-state index in [1.54, 1.807) is 13.2 Å². The van der Waals surface area contributed by atoms with Crippen molar-refractivity contribution in [3.05, 3.63) is 16.9 Å². The molecule has 2 N–H and O–H groups in total. The summed E-state index contributed by atoms with van der Waals surface area (Å²) in [5, 5.41) is 10.2. The van der Waals surface area contributed by atoms with Gasteiger partial charge < -0.3 is 10.6 Å². The Kier molecular flexibility index (Phi) is 5.34. The zero-order chi connectivity index (χ0) is 13.8. The number of amides is 1. The van der Waals surface area contributed by atoms with E-state index >= 15 is 0 Å². The molecule has 1 rings (SSSR count). The van der Waals surface area contributed by atoms with Crippen LogP contribution in [0.1, 0.15) is 20.8 Å². The van der Waals surface area contributed by atoms with Crippen LogP contribution >= 0.6 is 15.9 Å². The van der Waals surface area contributed by atoms with Crippen molar-refractivity contribution < 1.29 is 4.79 Å². The van der Waals surface area contributed by atoms with Gasteiger partial charge in [0.1, 0.15) is 0 Å². The van der Waals surface area contributed by atoms with Crippen LogP contribution < -0.4 is 10.6 Å². The van der Waals surface area contributed by atoms with Crippen molar-refractivity contribution in [1.82, 2.24) is 20.4 Å². The van der Waals surface area contributed by atoms with Gasteiger partial charge in [0.2, 0.25) is 5.91 Å². The van der Waals surface area contributed by atoms with Crippen LogP contribution in [0.3, 0.4) is 0 Å². The lowest BCUT2D eigenvalue weighted by atomic mass is 9.92. The molecule has 1 atom stereocenters. The van der Waals surface area contributed by atoms with Gasteiger partial charge in [0.25, 0.3) is 0 Å². The molecule has 18 heavy (non-hydrogen) atoms. The highest BCUT2D eigenvalue weighted by Gasteiger charge is 2.26. The Labute approximate surface area is 116 Å². The Morgan fingerprint density at radius 3 is 2.78 bits per heavy atom. The highest BCUT2D eigenvalue weighted by Crippen LogP contribution is 2.13. The number of nitrogens with one attached hydrogen (secondary N) is 2. The Morgan fingerprint density at radius 1 is 1.61 bits per heavy atom. The summed E-state index contributed by atoms with van der Waals surface area (Å²) in [4.78, 5) is 11.6. The minimum atomic E-state index is -0.409. The Balaban J connectivity index is 2.41. The number of hydrogen-bond donors (Lipinski definition) is 2. The van der Waals surface area contributed by atoms with Gasteiger partial charge in [0, 0.05) is 25.8 Å². The Hall–Kier alpha value is -0.880. The normalized spacial score (nSPS) is 13.4. The van der Waals surface area contributed by atoms with Crippen molar-refractivity contribution in [2.24, 2.45) is 5.41 Å². The van der Waals surface area contributed by atoms with Crippen LogP contribution in [0.15, 0.2) is 16.9 Å². The Bertz CT molecular complexity index is 403. The fourth-order valence-corrected chi connectivity index (χ4v) is 1.96. The van der Waals surface area contributed by atoms with E-state index in [0.29, 0.717) is 6.54 Å². The fourth-order valence-electron chi connectivity index (χ4n) is 1.63. The molecule has 6 heteroatoms. The molecule has 1 heterocycles. The average molecular weight is 317 g/mol. The minimum Gasteiger partial charge on any atom is -0.359 e. The molecule has 0 spiro atoms. The second-order valence-corrected chi connectivity index (χ2v) is 6.04. The number of rotatable bonds is 6. The van der Waals surface area contributed by atoms with Gasteiger partial charge in [0.05, 0.1) is 22.6 Å². The molecular weight excluding hydrogens is 296 g/mol. The SMILES string of the molecule is CNC(=O)C(C)(C)CN[C@@H](C)Cn1cc(Br)cn1. The summed E-state index contributed by atoms with van der Waals surface area (Å²) < 4.78 is 2.84. The third-order valence-electron chi connectivity index (χ3n) is 2.80. The summed E-state index contributed by atoms with van der Waals surface area (Å²) in [5.41, 5.74) is -0.409. The zero-order valence-electron chi connectivity index (χ0n) is 11.3. The third kappa shape index (κ3) is 4.42. The monoisotopic (exact) mass is 316 g/mol. The van der Waals surface area contributed by atoms with Crippen molar-refractivity contribution in [2.75, 3.05) is 13.6 Å². The third-order valence-corrected chi connectivity index (χ3v) is 3.21. The molecule has 0 unspecified atom stereocenters. The molecule has 0 bridgehead atoms. The molecule has 0 aliphatic heterocycles. The first kappa shape index (κ1) is 15.2. The predicted octanol–water partition coefficient (Wildman–Crippen LogP) is 1.40. The van der Waals surface area contributed by atoms with Crippen molar-refractivity contribution in [2.45, 2.75) is 33.4 Å². The van der Waals surface area contributed by atoms with E-state index in [4.69, 9.17) is 0 Å². The maximum Gasteiger partial charge on any atom is 0.226 e. The van der Waals surface area contributed by atoms with Gasteiger partial charge in [-0.1, -0.05) is 0 Å². The summed E-state index contributed by atoms with van der Waals surface area (Å²) in [7, 11) is 1.66. The molecule has 1 amide bonds. The molecular formula is C12H21BrN4O. The van der Waals surface area contributed by atoms with Crippen molar-refractivity contribution in [1.29, 1.82) is 0 Å². The molecule has 0 radical (unpaired) electrons. The molecule has 1 aromatic rings. The molecule has 0 saturated carbocycles. The summed E-state index contributed by atoms with van der Waals surface area (Å²) >= 11 is 3.36. The van der Waals surface area contributed by atoms with Crippen molar-refractivity contribution in [3.8, 4) is 0 Å². The van der Waals surface area contributed by atoms with Crippen LogP contribution in [0.5, 0.6) is 0 Å². The van der Waals surface area contributed by atoms with E-state index < -0.39 is 5.41 Å². The maximum atomic E-state index is 11.6. The first-order chi connectivity index (χ1) is 8.35. The smallest absolute Gasteiger partial charge is 0.226 e. The number of aromatic nitrogens is 2. The van der Waals surface area contributed by atoms with E-state index in [0.717, 1.165) is 11.0 Å². The summed E-state index contributed by atoms with van der Waals surface area (Å²) in [5.74, 6) is 0.0454. The summed E-state index contributed by atoms with van der Waals surface area (Å²) in [6, 6.07) is 0.251. The van der Waals surface area contributed by atoms with E-state index in [1.165, 1.54) is 0 Å². The number of hydrogen-bond acceptors (Lipinski definition) is 3. The molecule has 1 aromatic heterocycles. The van der Waals surface area contributed by atoms with Gasteiger partial charge in [-0.25, -0.2) is 0 Å². The number of carbonyl (C=O) groups is 1. The quantitative estimate of drug-likeness (QED) is 0.834. The van der Waals surface area contributed by atoms with E-state index in [1.807, 2.05) is 24.7 Å². The average Bonchev–Trinajstić information content (AvgIpc) is 2.71. The fraction of sp³-hybridized carbons (Fsp3) is 0.667. The van der Waals surface area contributed by atoms with Crippen LogP contribution in [-0.4, -0.2) is 35.3 Å². The standard InChI is InChI=1S/C12H21BrN4O/c1-9(6-17-7-10(13)5-16-17)15-8-12(2,3)11(18)14-4/h5,7,9,15H,6,8H2,1-4H3,(H,14,18)/t9-/m0/s1. The van der Waals surface area contributed by atoms with Crippen LogP contribution in [0.25, 0.3) is 0 Å². The molecule has 0 fully saturated rings. The van der Waals surface area contributed by atoms with Crippen molar-refractivity contribution >= 4 is 21.8 Å². The first-order valence-electron chi connectivity index (χ1n) is 5.98. The topological polar surface area (TPSA) is 59.0 Å². The van der Waals surface area contributed by atoms with Gasteiger partial charge >= 0.3 is 0 Å². The number of carbonyl (C=O) groups excluding carboxylic acids is 1. The zero-order valence-corrected chi connectivity index (χ0v) is 12.9. The van der Waals surface area contributed by atoms with Gasteiger partial charge in [-0.2, -0.15) is 5.10 Å². The van der Waals surface area contributed by atoms with Crippen LogP contribution in [0.4, 0.5) is 0 Å². The second kappa shape index (κ2) is 6.33. The largest absolute Gasteiger partial charge is 0.359 e. The number of nitrogens with zero attached hydrogens (tertiary/aromatic N) is 2. The summed E-state index contributed by atoms with van der Waals surface area (Å²) in [6.07, 6.45) is 3.70. The molecule has 0 saturated heterocycles. The highest BCUT2D eigenvalue weighted by atomic mass is 79.9. The van der Waals surface area contributed by atoms with Crippen LogP contribution in [0.2, 0.25) is 0 Å². The highest BCUT2D eigenvalue weighted by molar-refractivity contribution is 9.10. The van der Waals surface area contributed by atoms with Crippen molar-refractivity contribution in [3.63, 3.8) is 0 Å². The summed E-state index contributed by atoms with van der Waals surface area (Å²) in [6.45, 7) is 7.34. The molecule has 0 aromatic carbocycles. The minimum absolute atomic E-state index is 0.0454. The predicted molar refractivity (Wildman–Crippen MR) is 75.2 cm³/mol. The second-order valence-electron chi connectivity index (χ2n) is 5.13. The van der Waals surface area contributed by atoms with E-state index in [9.17, 15) is 4.79 Å².